The quantitative estimate of drug-likeness (QED) is 0.546. The largest absolute Gasteiger partial charge is 0.484 e. The minimum absolute atomic E-state index is 0.165. The lowest BCUT2D eigenvalue weighted by Gasteiger charge is -2.29. The minimum atomic E-state index is -0.676. The molecule has 1 fully saturated rings. The Bertz CT molecular complexity index is 935. The highest BCUT2D eigenvalue weighted by molar-refractivity contribution is 9.10. The van der Waals surface area contributed by atoms with E-state index in [1.165, 1.54) is 17.0 Å². The van der Waals surface area contributed by atoms with E-state index < -0.39 is 6.04 Å². The second-order valence-electron chi connectivity index (χ2n) is 8.47. The molecule has 0 saturated heterocycles. The van der Waals surface area contributed by atoms with Crippen LogP contribution in [0.3, 0.4) is 0 Å². The molecule has 0 aliphatic heterocycles. The van der Waals surface area contributed by atoms with Crippen LogP contribution in [-0.4, -0.2) is 35.4 Å². The molecule has 2 aromatic rings. The van der Waals surface area contributed by atoms with Crippen LogP contribution in [0.5, 0.6) is 5.75 Å². The van der Waals surface area contributed by atoms with Crippen LogP contribution in [0.15, 0.2) is 40.9 Å². The van der Waals surface area contributed by atoms with Gasteiger partial charge >= 0.3 is 0 Å². The van der Waals surface area contributed by atoms with Crippen LogP contribution in [0, 0.1) is 19.7 Å². The van der Waals surface area contributed by atoms with Gasteiger partial charge in [-0.15, -0.1) is 0 Å². The number of nitrogens with one attached hydrogen (secondary N) is 1. The Morgan fingerprint density at radius 1 is 1.16 bits per heavy atom. The van der Waals surface area contributed by atoms with Crippen molar-refractivity contribution in [2.24, 2.45) is 0 Å². The molecule has 32 heavy (non-hydrogen) atoms. The molecule has 0 radical (unpaired) electrons. The van der Waals surface area contributed by atoms with Crippen LogP contribution in [0.4, 0.5) is 4.39 Å². The predicted molar refractivity (Wildman–Crippen MR) is 126 cm³/mol. The van der Waals surface area contributed by atoms with Crippen LogP contribution < -0.4 is 10.1 Å². The van der Waals surface area contributed by atoms with Crippen molar-refractivity contribution in [3.63, 3.8) is 0 Å². The van der Waals surface area contributed by atoms with E-state index in [-0.39, 0.29) is 36.8 Å². The van der Waals surface area contributed by atoms with Gasteiger partial charge in [0.2, 0.25) is 5.91 Å². The lowest BCUT2D eigenvalue weighted by molar-refractivity contribution is -0.142. The zero-order valence-electron chi connectivity index (χ0n) is 18.8. The summed E-state index contributed by atoms with van der Waals surface area (Å²) in [6.07, 6.45) is 4.15. The van der Waals surface area contributed by atoms with E-state index in [0.29, 0.717) is 5.75 Å². The lowest BCUT2D eigenvalue weighted by atomic mass is 10.1. The molecule has 3 rings (SSSR count). The molecule has 1 aliphatic carbocycles. The number of benzene rings is 2. The van der Waals surface area contributed by atoms with Crippen LogP contribution in [-0.2, 0) is 16.1 Å². The third-order valence-electron chi connectivity index (χ3n) is 5.91. The number of carbonyl (C=O) groups excluding carboxylic acids is 2. The standard InChI is InChI=1S/C25H30BrFN2O3/c1-16-12-22(13-17(2)24(16)26)32-15-23(30)29(14-19-8-10-20(27)11-9-19)18(3)25(31)28-21-6-4-5-7-21/h8-13,18,21H,4-7,14-15H2,1-3H3,(H,28,31)/t18-/m1/s1. The van der Waals surface area contributed by atoms with E-state index in [1.807, 2.05) is 26.0 Å². The number of amides is 2. The maximum Gasteiger partial charge on any atom is 0.261 e. The number of rotatable bonds is 8. The molecule has 0 unspecified atom stereocenters. The molecule has 1 saturated carbocycles. The van der Waals surface area contributed by atoms with Gasteiger partial charge in [-0.3, -0.25) is 9.59 Å². The van der Waals surface area contributed by atoms with E-state index in [4.69, 9.17) is 4.74 Å². The maximum atomic E-state index is 13.3. The van der Waals surface area contributed by atoms with Crippen molar-refractivity contribution in [3.05, 3.63) is 63.4 Å². The van der Waals surface area contributed by atoms with Crippen molar-refractivity contribution >= 4 is 27.7 Å². The minimum Gasteiger partial charge on any atom is -0.484 e. The Morgan fingerprint density at radius 3 is 2.34 bits per heavy atom. The highest BCUT2D eigenvalue weighted by atomic mass is 79.9. The highest BCUT2D eigenvalue weighted by Crippen LogP contribution is 2.26. The van der Waals surface area contributed by atoms with Crippen molar-refractivity contribution in [3.8, 4) is 5.75 Å². The molecular weight excluding hydrogens is 475 g/mol. The fourth-order valence-electron chi connectivity index (χ4n) is 3.98. The molecule has 1 N–H and O–H groups in total. The molecule has 172 valence electrons. The van der Waals surface area contributed by atoms with Gasteiger partial charge in [0.25, 0.3) is 5.91 Å². The molecule has 1 aliphatic rings. The Kier molecular flexibility index (Phi) is 8.29. The molecule has 2 aromatic carbocycles. The van der Waals surface area contributed by atoms with Crippen molar-refractivity contribution in [2.45, 2.75) is 65.1 Å². The third-order valence-corrected chi connectivity index (χ3v) is 7.16. The molecule has 0 aromatic heterocycles. The summed E-state index contributed by atoms with van der Waals surface area (Å²) >= 11 is 3.53. The van der Waals surface area contributed by atoms with Gasteiger partial charge < -0.3 is 15.0 Å². The zero-order chi connectivity index (χ0) is 23.3. The average molecular weight is 505 g/mol. The molecular formula is C25H30BrFN2O3. The summed E-state index contributed by atoms with van der Waals surface area (Å²) in [7, 11) is 0. The summed E-state index contributed by atoms with van der Waals surface area (Å²) < 4.78 is 20.1. The van der Waals surface area contributed by atoms with E-state index in [1.54, 1.807) is 19.1 Å². The Morgan fingerprint density at radius 2 is 1.75 bits per heavy atom. The summed E-state index contributed by atoms with van der Waals surface area (Å²) in [5.41, 5.74) is 2.77. The van der Waals surface area contributed by atoms with E-state index >= 15 is 0 Å². The number of hydrogen-bond acceptors (Lipinski definition) is 3. The molecule has 5 nitrogen and oxygen atoms in total. The lowest BCUT2D eigenvalue weighted by Crippen LogP contribution is -2.50. The Hall–Kier alpha value is -2.41. The van der Waals surface area contributed by atoms with Crippen molar-refractivity contribution in [1.29, 1.82) is 0 Å². The maximum absolute atomic E-state index is 13.3. The SMILES string of the molecule is Cc1cc(OCC(=O)N(Cc2ccc(F)cc2)[C@H](C)C(=O)NC2CCCC2)cc(C)c1Br. The van der Waals surface area contributed by atoms with Gasteiger partial charge in [0, 0.05) is 17.1 Å². The van der Waals surface area contributed by atoms with Gasteiger partial charge in [-0.05, 0) is 74.6 Å². The van der Waals surface area contributed by atoms with E-state index in [9.17, 15) is 14.0 Å². The highest BCUT2D eigenvalue weighted by Gasteiger charge is 2.28. The van der Waals surface area contributed by atoms with Gasteiger partial charge in [0.05, 0.1) is 0 Å². The second-order valence-corrected chi connectivity index (χ2v) is 9.27. The van der Waals surface area contributed by atoms with Gasteiger partial charge in [0.15, 0.2) is 6.61 Å². The first-order chi connectivity index (χ1) is 15.2. The Labute approximate surface area is 197 Å². The molecule has 2 amide bonds. The fourth-order valence-corrected chi connectivity index (χ4v) is 4.21. The van der Waals surface area contributed by atoms with Gasteiger partial charge in [0.1, 0.15) is 17.6 Å². The van der Waals surface area contributed by atoms with E-state index in [0.717, 1.165) is 46.8 Å². The normalized spacial score (nSPS) is 14.8. The number of ether oxygens (including phenoxy) is 1. The van der Waals surface area contributed by atoms with Gasteiger partial charge in [-0.25, -0.2) is 4.39 Å². The first-order valence-corrected chi connectivity index (χ1v) is 11.8. The second kappa shape index (κ2) is 10.9. The number of nitrogens with zero attached hydrogens (tertiary/aromatic N) is 1. The van der Waals surface area contributed by atoms with Gasteiger partial charge in [-0.2, -0.15) is 0 Å². The monoisotopic (exact) mass is 504 g/mol. The summed E-state index contributed by atoms with van der Waals surface area (Å²) in [4.78, 5) is 27.5. The molecule has 0 bridgehead atoms. The predicted octanol–water partition coefficient (Wildman–Crippen LogP) is 5.06. The number of hydrogen-bond donors (Lipinski definition) is 1. The first kappa shape index (κ1) is 24.2. The summed E-state index contributed by atoms with van der Waals surface area (Å²) in [5, 5.41) is 3.06. The smallest absolute Gasteiger partial charge is 0.261 e. The third kappa shape index (κ3) is 6.31. The average Bonchev–Trinajstić information content (AvgIpc) is 3.27. The number of aryl methyl sites for hydroxylation is 2. The Balaban J connectivity index is 1.73. The molecule has 0 heterocycles. The number of halogens is 2. The van der Waals surface area contributed by atoms with Crippen LogP contribution >= 0.6 is 15.9 Å². The summed E-state index contributed by atoms with van der Waals surface area (Å²) in [5.74, 6) is -0.228. The number of carbonyl (C=O) groups is 2. The molecule has 0 spiro atoms. The summed E-state index contributed by atoms with van der Waals surface area (Å²) in [6.45, 7) is 5.65. The van der Waals surface area contributed by atoms with E-state index in [2.05, 4.69) is 21.2 Å². The van der Waals surface area contributed by atoms with Gasteiger partial charge in [-0.1, -0.05) is 40.9 Å². The molecule has 7 heteroatoms. The van der Waals surface area contributed by atoms with Crippen LogP contribution in [0.2, 0.25) is 0 Å². The van der Waals surface area contributed by atoms with Crippen LogP contribution in [0.1, 0.15) is 49.3 Å². The van der Waals surface area contributed by atoms with Crippen LogP contribution in [0.25, 0.3) is 0 Å². The zero-order valence-corrected chi connectivity index (χ0v) is 20.4. The first-order valence-electron chi connectivity index (χ1n) is 11.0. The van der Waals surface area contributed by atoms with Crippen molar-refractivity contribution in [2.75, 3.05) is 6.61 Å². The van der Waals surface area contributed by atoms with Crippen molar-refractivity contribution < 1.29 is 18.7 Å². The summed E-state index contributed by atoms with van der Waals surface area (Å²) in [6, 6.07) is 9.17. The molecule has 1 atom stereocenters. The fraction of sp³-hybridized carbons (Fsp3) is 0.440. The topological polar surface area (TPSA) is 58.6 Å². The van der Waals surface area contributed by atoms with Crippen molar-refractivity contribution in [1.82, 2.24) is 10.2 Å².